The molecule has 0 fully saturated rings. The number of H-pyrrole nitrogens is 1. The third kappa shape index (κ3) is 2.74. The van der Waals surface area contributed by atoms with E-state index in [0.717, 1.165) is 0 Å². The highest BCUT2D eigenvalue weighted by Gasteiger charge is 2.20. The SMILES string of the molecule is Nc1nccc(-c2cc(C(=O)O)c(-c3cccc(F)c3Cl)[nH]2)n1. The third-order valence-electron chi connectivity index (χ3n) is 3.22. The van der Waals surface area contributed by atoms with Gasteiger partial charge in [-0.05, 0) is 18.2 Å². The van der Waals surface area contributed by atoms with Gasteiger partial charge >= 0.3 is 5.97 Å². The lowest BCUT2D eigenvalue weighted by Gasteiger charge is -2.05. The first-order chi connectivity index (χ1) is 11.0. The van der Waals surface area contributed by atoms with E-state index in [4.69, 9.17) is 17.3 Å². The van der Waals surface area contributed by atoms with Crippen LogP contribution in [0.25, 0.3) is 22.6 Å². The second-order valence-corrected chi connectivity index (χ2v) is 5.06. The number of aromatic carboxylic acids is 1. The van der Waals surface area contributed by atoms with Crippen molar-refractivity contribution in [3.05, 3.63) is 52.9 Å². The Balaban J connectivity index is 2.21. The van der Waals surface area contributed by atoms with Gasteiger partial charge in [-0.2, -0.15) is 0 Å². The molecule has 8 heteroatoms. The van der Waals surface area contributed by atoms with Crippen LogP contribution in [-0.4, -0.2) is 26.0 Å². The maximum absolute atomic E-state index is 13.6. The number of nitrogens with two attached hydrogens (primary N) is 1. The number of aromatic nitrogens is 3. The van der Waals surface area contributed by atoms with Gasteiger partial charge in [0.05, 0.1) is 27.7 Å². The fourth-order valence-corrected chi connectivity index (χ4v) is 2.41. The molecule has 2 aromatic heterocycles. The Bertz CT molecular complexity index is 910. The Morgan fingerprint density at radius 1 is 1.35 bits per heavy atom. The molecule has 0 amide bonds. The van der Waals surface area contributed by atoms with Gasteiger partial charge in [0.2, 0.25) is 5.95 Å². The largest absolute Gasteiger partial charge is 0.478 e. The highest BCUT2D eigenvalue weighted by atomic mass is 35.5. The van der Waals surface area contributed by atoms with Crippen molar-refractivity contribution in [3.63, 3.8) is 0 Å². The van der Waals surface area contributed by atoms with Gasteiger partial charge in [0.1, 0.15) is 5.82 Å². The molecule has 23 heavy (non-hydrogen) atoms. The van der Waals surface area contributed by atoms with Crippen LogP contribution in [0.5, 0.6) is 0 Å². The standard InChI is InChI=1S/C15H10ClFN4O2/c16-12-7(2-1-3-9(12)17)13-8(14(22)23)6-11(20-13)10-4-5-19-15(18)21-10/h1-6,20H,(H,22,23)(H2,18,19,21). The molecule has 0 bridgehead atoms. The molecule has 0 spiro atoms. The van der Waals surface area contributed by atoms with E-state index in [0.29, 0.717) is 11.4 Å². The number of nitrogens with zero attached hydrogens (tertiary/aromatic N) is 2. The quantitative estimate of drug-likeness (QED) is 0.683. The van der Waals surface area contributed by atoms with Crippen molar-refractivity contribution in [2.45, 2.75) is 0 Å². The van der Waals surface area contributed by atoms with Crippen molar-refractivity contribution in [2.75, 3.05) is 5.73 Å². The summed E-state index contributed by atoms with van der Waals surface area (Å²) in [7, 11) is 0. The van der Waals surface area contributed by atoms with Crippen molar-refractivity contribution < 1.29 is 14.3 Å². The topological polar surface area (TPSA) is 105 Å². The first-order valence-electron chi connectivity index (χ1n) is 6.47. The molecule has 3 aromatic rings. The van der Waals surface area contributed by atoms with E-state index in [9.17, 15) is 14.3 Å². The van der Waals surface area contributed by atoms with Gasteiger partial charge in [-0.25, -0.2) is 19.2 Å². The Morgan fingerprint density at radius 2 is 2.13 bits per heavy atom. The minimum absolute atomic E-state index is 0.0512. The van der Waals surface area contributed by atoms with Gasteiger partial charge in [-0.3, -0.25) is 0 Å². The molecular weight excluding hydrogens is 323 g/mol. The number of halogens is 2. The molecule has 116 valence electrons. The summed E-state index contributed by atoms with van der Waals surface area (Å²) in [5.41, 5.74) is 6.74. The van der Waals surface area contributed by atoms with Crippen molar-refractivity contribution >= 4 is 23.5 Å². The summed E-state index contributed by atoms with van der Waals surface area (Å²) < 4.78 is 13.6. The molecule has 0 aliphatic heterocycles. The number of benzene rings is 1. The van der Waals surface area contributed by atoms with Crippen LogP contribution in [0.1, 0.15) is 10.4 Å². The molecule has 0 saturated heterocycles. The lowest BCUT2D eigenvalue weighted by Crippen LogP contribution is -1.97. The van der Waals surface area contributed by atoms with Crippen LogP contribution in [0.3, 0.4) is 0 Å². The van der Waals surface area contributed by atoms with Crippen LogP contribution in [0.2, 0.25) is 5.02 Å². The van der Waals surface area contributed by atoms with Crippen LogP contribution in [0.4, 0.5) is 10.3 Å². The van der Waals surface area contributed by atoms with E-state index >= 15 is 0 Å². The summed E-state index contributed by atoms with van der Waals surface area (Å²) in [6.07, 6.45) is 1.45. The smallest absolute Gasteiger partial charge is 0.337 e. The molecule has 0 saturated carbocycles. The molecule has 6 nitrogen and oxygen atoms in total. The fraction of sp³-hybridized carbons (Fsp3) is 0. The predicted octanol–water partition coefficient (Wildman–Crippen LogP) is 3.21. The van der Waals surface area contributed by atoms with Crippen molar-refractivity contribution in [2.24, 2.45) is 0 Å². The number of aromatic amines is 1. The molecule has 2 heterocycles. The predicted molar refractivity (Wildman–Crippen MR) is 83.6 cm³/mol. The Labute approximate surface area is 134 Å². The first kappa shape index (κ1) is 15.0. The molecule has 0 unspecified atom stereocenters. The monoisotopic (exact) mass is 332 g/mol. The van der Waals surface area contributed by atoms with Crippen molar-refractivity contribution in [1.82, 2.24) is 15.0 Å². The fourth-order valence-electron chi connectivity index (χ4n) is 2.19. The van der Waals surface area contributed by atoms with Gasteiger partial charge < -0.3 is 15.8 Å². The van der Waals surface area contributed by atoms with E-state index in [1.54, 1.807) is 6.07 Å². The van der Waals surface area contributed by atoms with Gasteiger partial charge in [0, 0.05) is 11.8 Å². The molecule has 1 aromatic carbocycles. The minimum atomic E-state index is -1.18. The van der Waals surface area contributed by atoms with Crippen LogP contribution in [-0.2, 0) is 0 Å². The first-order valence-corrected chi connectivity index (χ1v) is 6.84. The van der Waals surface area contributed by atoms with Gasteiger partial charge in [0.25, 0.3) is 0 Å². The number of nitrogens with one attached hydrogen (secondary N) is 1. The van der Waals surface area contributed by atoms with E-state index in [1.165, 1.54) is 30.5 Å². The Hall–Kier alpha value is -2.93. The number of anilines is 1. The number of carboxylic acids is 1. The number of carbonyl (C=O) groups is 1. The average molecular weight is 333 g/mol. The number of carboxylic acid groups (broad SMARTS) is 1. The maximum Gasteiger partial charge on any atom is 0.337 e. The number of hydrogen-bond acceptors (Lipinski definition) is 4. The summed E-state index contributed by atoms with van der Waals surface area (Å²) in [5.74, 6) is -1.76. The lowest BCUT2D eigenvalue weighted by atomic mass is 10.1. The molecule has 0 aliphatic carbocycles. The van der Waals surface area contributed by atoms with Gasteiger partial charge in [-0.1, -0.05) is 23.7 Å². The van der Waals surface area contributed by atoms with Crippen molar-refractivity contribution in [1.29, 1.82) is 0 Å². The molecule has 4 N–H and O–H groups in total. The zero-order valence-corrected chi connectivity index (χ0v) is 12.3. The van der Waals surface area contributed by atoms with E-state index < -0.39 is 11.8 Å². The average Bonchev–Trinajstić information content (AvgIpc) is 2.95. The molecule has 0 aliphatic rings. The van der Waals surface area contributed by atoms with Crippen LogP contribution < -0.4 is 5.73 Å². The minimum Gasteiger partial charge on any atom is -0.478 e. The Kier molecular flexibility index (Phi) is 3.71. The number of rotatable bonds is 3. The van der Waals surface area contributed by atoms with Crippen LogP contribution in [0.15, 0.2) is 36.5 Å². The van der Waals surface area contributed by atoms with Crippen molar-refractivity contribution in [3.8, 4) is 22.6 Å². The highest BCUT2D eigenvalue weighted by Crippen LogP contribution is 2.34. The molecule has 0 radical (unpaired) electrons. The van der Waals surface area contributed by atoms with Crippen LogP contribution in [0, 0.1) is 5.82 Å². The zero-order chi connectivity index (χ0) is 16.6. The Morgan fingerprint density at radius 3 is 2.83 bits per heavy atom. The molecule has 0 atom stereocenters. The lowest BCUT2D eigenvalue weighted by molar-refractivity contribution is 0.0698. The summed E-state index contributed by atoms with van der Waals surface area (Å²) in [6, 6.07) is 7.14. The van der Waals surface area contributed by atoms with Crippen LogP contribution >= 0.6 is 11.6 Å². The maximum atomic E-state index is 13.6. The third-order valence-corrected chi connectivity index (χ3v) is 3.60. The van der Waals surface area contributed by atoms with Gasteiger partial charge in [0.15, 0.2) is 0 Å². The second kappa shape index (κ2) is 5.69. The zero-order valence-electron chi connectivity index (χ0n) is 11.5. The summed E-state index contributed by atoms with van der Waals surface area (Å²) >= 11 is 5.95. The van der Waals surface area contributed by atoms with E-state index in [1.807, 2.05) is 0 Å². The highest BCUT2D eigenvalue weighted by molar-refractivity contribution is 6.33. The number of nitrogen functional groups attached to an aromatic ring is 1. The molecular formula is C15H10ClFN4O2. The molecule has 3 rings (SSSR count). The summed E-state index contributed by atoms with van der Waals surface area (Å²) in [6.45, 7) is 0. The van der Waals surface area contributed by atoms with E-state index in [-0.39, 0.29) is 27.8 Å². The second-order valence-electron chi connectivity index (χ2n) is 4.68. The van der Waals surface area contributed by atoms with E-state index in [2.05, 4.69) is 15.0 Å². The summed E-state index contributed by atoms with van der Waals surface area (Å²) in [5, 5.41) is 9.23. The number of hydrogen-bond donors (Lipinski definition) is 3. The van der Waals surface area contributed by atoms with Gasteiger partial charge in [-0.15, -0.1) is 0 Å². The normalized spacial score (nSPS) is 10.7. The summed E-state index contributed by atoms with van der Waals surface area (Å²) in [4.78, 5) is 22.2.